The van der Waals surface area contributed by atoms with Gasteiger partial charge in [0.15, 0.2) is 0 Å². The monoisotopic (exact) mass is 200 g/mol. The van der Waals surface area contributed by atoms with E-state index in [-0.39, 0.29) is 0 Å². The maximum Gasteiger partial charge on any atom is -0.0198 e. The van der Waals surface area contributed by atoms with Crippen LogP contribution in [-0.4, -0.2) is 0 Å². The van der Waals surface area contributed by atoms with Crippen LogP contribution >= 0.6 is 0 Å². The highest BCUT2D eigenvalue weighted by atomic mass is 14.2. The first-order valence-electron chi connectivity index (χ1n) is 5.93. The zero-order valence-corrected chi connectivity index (χ0v) is 10.0. The Hall–Kier alpha value is -1.04. The Balaban J connectivity index is 2.30. The molecule has 0 aliphatic heterocycles. The molecule has 0 bridgehead atoms. The van der Waals surface area contributed by atoms with Crippen LogP contribution in [0.25, 0.3) is 5.57 Å². The first-order valence-corrected chi connectivity index (χ1v) is 5.93. The van der Waals surface area contributed by atoms with Crippen LogP contribution in [0, 0.1) is 19.8 Å². The summed E-state index contributed by atoms with van der Waals surface area (Å²) in [7, 11) is 0. The Morgan fingerprint density at radius 2 is 2.00 bits per heavy atom. The van der Waals surface area contributed by atoms with Gasteiger partial charge in [-0.15, -0.1) is 0 Å². The van der Waals surface area contributed by atoms with Crippen LogP contribution in [0.4, 0.5) is 0 Å². The Kier molecular flexibility index (Phi) is 2.95. The minimum absolute atomic E-state index is 0.875. The molecule has 0 radical (unpaired) electrons. The fraction of sp³-hybridized carbons (Fsp3) is 0.467. The van der Waals surface area contributed by atoms with Crippen molar-refractivity contribution in [2.75, 3.05) is 0 Å². The first kappa shape index (κ1) is 10.5. The fourth-order valence-electron chi connectivity index (χ4n) is 2.38. The van der Waals surface area contributed by atoms with Crippen molar-refractivity contribution < 1.29 is 0 Å². The van der Waals surface area contributed by atoms with Crippen molar-refractivity contribution in [2.45, 2.75) is 40.0 Å². The van der Waals surface area contributed by atoms with E-state index in [0.717, 1.165) is 5.92 Å². The van der Waals surface area contributed by atoms with Crippen molar-refractivity contribution in [2.24, 2.45) is 5.92 Å². The van der Waals surface area contributed by atoms with E-state index in [1.165, 1.54) is 36.0 Å². The molecular weight excluding hydrogens is 180 g/mol. The molecule has 1 unspecified atom stereocenters. The van der Waals surface area contributed by atoms with Crippen LogP contribution < -0.4 is 0 Å². The van der Waals surface area contributed by atoms with E-state index >= 15 is 0 Å². The second-order valence-corrected chi connectivity index (χ2v) is 4.93. The lowest BCUT2D eigenvalue weighted by molar-refractivity contribution is 0.534. The van der Waals surface area contributed by atoms with Gasteiger partial charge in [0.25, 0.3) is 0 Å². The molecule has 80 valence electrons. The summed E-state index contributed by atoms with van der Waals surface area (Å²) in [5.41, 5.74) is 5.81. The molecule has 0 amide bonds. The zero-order chi connectivity index (χ0) is 10.8. The summed E-state index contributed by atoms with van der Waals surface area (Å²) < 4.78 is 0. The average molecular weight is 200 g/mol. The second kappa shape index (κ2) is 4.22. The lowest BCUT2D eigenvalue weighted by Crippen LogP contribution is -2.02. The van der Waals surface area contributed by atoms with Gasteiger partial charge in [0, 0.05) is 0 Å². The van der Waals surface area contributed by atoms with E-state index in [2.05, 4.69) is 45.0 Å². The van der Waals surface area contributed by atoms with Gasteiger partial charge in [-0.3, -0.25) is 0 Å². The predicted molar refractivity (Wildman–Crippen MR) is 66.9 cm³/mol. The summed E-state index contributed by atoms with van der Waals surface area (Å²) in [6.07, 6.45) is 6.29. The first-order chi connectivity index (χ1) is 7.16. The molecule has 0 heterocycles. The maximum atomic E-state index is 2.44. The summed E-state index contributed by atoms with van der Waals surface area (Å²) >= 11 is 0. The molecule has 2 rings (SSSR count). The third-order valence-electron chi connectivity index (χ3n) is 3.40. The zero-order valence-electron chi connectivity index (χ0n) is 10.0. The molecule has 0 nitrogen and oxygen atoms in total. The maximum absolute atomic E-state index is 2.44. The van der Waals surface area contributed by atoms with Crippen molar-refractivity contribution in [3.63, 3.8) is 0 Å². The largest absolute Gasteiger partial charge is 0.0804 e. The smallest absolute Gasteiger partial charge is 0.0198 e. The normalized spacial score (nSPS) is 21.3. The summed E-state index contributed by atoms with van der Waals surface area (Å²) in [6, 6.07) is 6.79. The van der Waals surface area contributed by atoms with Gasteiger partial charge in [0.05, 0.1) is 0 Å². The van der Waals surface area contributed by atoms with E-state index in [9.17, 15) is 0 Å². The minimum atomic E-state index is 0.875. The van der Waals surface area contributed by atoms with Gasteiger partial charge in [-0.05, 0) is 55.7 Å². The van der Waals surface area contributed by atoms with E-state index in [1.54, 1.807) is 5.57 Å². The molecule has 0 saturated carbocycles. The SMILES string of the molecule is Cc1ccc(C2=CCC(C)CC2)c(C)c1. The molecule has 1 aromatic carbocycles. The Labute approximate surface area is 93.0 Å². The molecule has 0 fully saturated rings. The minimum Gasteiger partial charge on any atom is -0.0804 e. The topological polar surface area (TPSA) is 0 Å². The third-order valence-corrected chi connectivity index (χ3v) is 3.40. The van der Waals surface area contributed by atoms with Gasteiger partial charge in [-0.1, -0.05) is 36.8 Å². The van der Waals surface area contributed by atoms with Crippen LogP contribution in [0.5, 0.6) is 0 Å². The molecule has 1 aliphatic rings. The van der Waals surface area contributed by atoms with Gasteiger partial charge >= 0.3 is 0 Å². The summed E-state index contributed by atoms with van der Waals surface area (Å²) in [5.74, 6) is 0.875. The quantitative estimate of drug-likeness (QED) is 0.626. The molecule has 0 saturated heterocycles. The van der Waals surface area contributed by atoms with Gasteiger partial charge in [-0.25, -0.2) is 0 Å². The van der Waals surface area contributed by atoms with Gasteiger partial charge in [0.1, 0.15) is 0 Å². The number of aryl methyl sites for hydroxylation is 2. The summed E-state index contributed by atoms with van der Waals surface area (Å²) in [5, 5.41) is 0. The van der Waals surface area contributed by atoms with Gasteiger partial charge < -0.3 is 0 Å². The molecule has 0 N–H and O–H groups in total. The third kappa shape index (κ3) is 2.31. The molecule has 0 heteroatoms. The highest BCUT2D eigenvalue weighted by Gasteiger charge is 2.12. The predicted octanol–water partition coefficient (Wildman–Crippen LogP) is 4.51. The van der Waals surface area contributed by atoms with Crippen molar-refractivity contribution in [1.82, 2.24) is 0 Å². The standard InChI is InChI=1S/C15H20/c1-11-4-7-14(8-5-11)15-9-6-12(2)10-13(15)3/h6-7,9-11H,4-5,8H2,1-3H3. The van der Waals surface area contributed by atoms with E-state index in [4.69, 9.17) is 0 Å². The summed E-state index contributed by atoms with van der Waals surface area (Å²) in [4.78, 5) is 0. The van der Waals surface area contributed by atoms with Crippen molar-refractivity contribution in [1.29, 1.82) is 0 Å². The van der Waals surface area contributed by atoms with Crippen molar-refractivity contribution in [3.8, 4) is 0 Å². The van der Waals surface area contributed by atoms with Crippen LogP contribution in [0.3, 0.4) is 0 Å². The number of allylic oxidation sites excluding steroid dienone is 2. The Morgan fingerprint density at radius 3 is 2.60 bits per heavy atom. The lowest BCUT2D eigenvalue weighted by Gasteiger charge is -2.19. The molecule has 0 spiro atoms. The van der Waals surface area contributed by atoms with Gasteiger partial charge in [-0.2, -0.15) is 0 Å². The number of hydrogen-bond donors (Lipinski definition) is 0. The number of hydrogen-bond acceptors (Lipinski definition) is 0. The molecular formula is C15H20. The Morgan fingerprint density at radius 1 is 1.20 bits per heavy atom. The lowest BCUT2D eigenvalue weighted by atomic mass is 9.86. The molecule has 1 atom stereocenters. The highest BCUT2D eigenvalue weighted by molar-refractivity contribution is 5.69. The van der Waals surface area contributed by atoms with Crippen LogP contribution in [0.15, 0.2) is 24.3 Å². The van der Waals surface area contributed by atoms with E-state index < -0.39 is 0 Å². The van der Waals surface area contributed by atoms with E-state index in [1.807, 2.05) is 0 Å². The van der Waals surface area contributed by atoms with Gasteiger partial charge in [0.2, 0.25) is 0 Å². The number of rotatable bonds is 1. The van der Waals surface area contributed by atoms with Crippen molar-refractivity contribution in [3.05, 3.63) is 41.0 Å². The van der Waals surface area contributed by atoms with Crippen molar-refractivity contribution >= 4 is 5.57 Å². The number of benzene rings is 1. The highest BCUT2D eigenvalue weighted by Crippen LogP contribution is 2.31. The second-order valence-electron chi connectivity index (χ2n) is 4.93. The summed E-state index contributed by atoms with van der Waals surface area (Å²) in [6.45, 7) is 6.73. The molecule has 15 heavy (non-hydrogen) atoms. The Bertz CT molecular complexity index is 385. The molecule has 1 aliphatic carbocycles. The van der Waals surface area contributed by atoms with Crippen LogP contribution in [0.1, 0.15) is 42.9 Å². The molecule has 0 aromatic heterocycles. The average Bonchev–Trinajstić information content (AvgIpc) is 2.20. The fourth-order valence-corrected chi connectivity index (χ4v) is 2.38. The molecule has 1 aromatic rings. The van der Waals surface area contributed by atoms with E-state index in [0.29, 0.717) is 0 Å². The van der Waals surface area contributed by atoms with Crippen LogP contribution in [0.2, 0.25) is 0 Å². The van der Waals surface area contributed by atoms with Crippen LogP contribution in [-0.2, 0) is 0 Å².